The molecule has 0 saturated carbocycles. The van der Waals surface area contributed by atoms with Crippen LogP contribution in [0.5, 0.6) is 11.5 Å². The highest BCUT2D eigenvalue weighted by Gasteiger charge is 2.25. The van der Waals surface area contributed by atoms with Gasteiger partial charge in [-0.15, -0.1) is 0 Å². The maximum atomic E-state index is 13.2. The van der Waals surface area contributed by atoms with E-state index in [9.17, 15) is 9.59 Å². The van der Waals surface area contributed by atoms with E-state index in [4.69, 9.17) is 25.5 Å². The van der Waals surface area contributed by atoms with Crippen molar-refractivity contribution >= 4 is 39.9 Å². The van der Waals surface area contributed by atoms with Crippen molar-refractivity contribution in [3.63, 3.8) is 0 Å². The van der Waals surface area contributed by atoms with E-state index in [1.54, 1.807) is 86.8 Å². The first-order valence-corrected chi connectivity index (χ1v) is 10.3. The van der Waals surface area contributed by atoms with E-state index in [0.29, 0.717) is 38.7 Å². The van der Waals surface area contributed by atoms with Crippen LogP contribution in [0, 0.1) is 0 Å². The zero-order valence-electron chi connectivity index (χ0n) is 17.4. The van der Waals surface area contributed by atoms with Crippen molar-refractivity contribution < 1.29 is 23.5 Å². The van der Waals surface area contributed by atoms with Gasteiger partial charge in [-0.1, -0.05) is 35.9 Å². The summed E-state index contributed by atoms with van der Waals surface area (Å²) in [7, 11) is 1.55. The second-order valence-electron chi connectivity index (χ2n) is 7.04. The molecule has 0 radical (unpaired) electrons. The van der Waals surface area contributed by atoms with Crippen molar-refractivity contribution in [2.75, 3.05) is 12.4 Å². The minimum Gasteiger partial charge on any atom is -0.497 e. The molecule has 7 heteroatoms. The number of methoxy groups -OCH3 is 1. The van der Waals surface area contributed by atoms with Crippen molar-refractivity contribution in [1.82, 2.24) is 0 Å². The highest BCUT2D eigenvalue weighted by atomic mass is 35.5. The maximum absolute atomic E-state index is 13.2. The topological polar surface area (TPSA) is 77.8 Å². The predicted molar refractivity (Wildman–Crippen MR) is 123 cm³/mol. The summed E-state index contributed by atoms with van der Waals surface area (Å²) in [5, 5.41) is 3.81. The largest absolute Gasteiger partial charge is 0.497 e. The van der Waals surface area contributed by atoms with Crippen LogP contribution in [0.25, 0.3) is 11.0 Å². The predicted octanol–water partition coefficient (Wildman–Crippen LogP) is 5.73. The van der Waals surface area contributed by atoms with Crippen LogP contribution < -0.4 is 14.8 Å². The van der Waals surface area contributed by atoms with Gasteiger partial charge in [0.15, 0.2) is 11.9 Å². The molecule has 1 unspecified atom stereocenters. The van der Waals surface area contributed by atoms with Gasteiger partial charge in [-0.3, -0.25) is 9.59 Å². The van der Waals surface area contributed by atoms with Crippen LogP contribution in [0.2, 0.25) is 5.02 Å². The summed E-state index contributed by atoms with van der Waals surface area (Å²) in [5.74, 6) is 0.252. The molecule has 0 aliphatic heterocycles. The van der Waals surface area contributed by atoms with Gasteiger partial charge in [0.25, 0.3) is 5.91 Å². The smallest absolute Gasteiger partial charge is 0.265 e. The number of carbonyl (C=O) groups is 2. The molecule has 1 aromatic heterocycles. The Balaban J connectivity index is 1.64. The highest BCUT2D eigenvalue weighted by molar-refractivity contribution is 6.32. The Morgan fingerprint density at radius 2 is 1.66 bits per heavy atom. The number of hydrogen-bond acceptors (Lipinski definition) is 5. The number of rotatable bonds is 7. The summed E-state index contributed by atoms with van der Waals surface area (Å²) in [6, 6.07) is 20.7. The Kier molecular flexibility index (Phi) is 6.14. The number of fused-ring (bicyclic) bond motifs is 1. The molecule has 4 aromatic rings. The first-order chi connectivity index (χ1) is 15.5. The third kappa shape index (κ3) is 4.31. The molecule has 0 fully saturated rings. The fraction of sp³-hybridized carbons (Fsp3) is 0.120. The average molecular weight is 450 g/mol. The Bertz CT molecular complexity index is 1280. The van der Waals surface area contributed by atoms with E-state index in [2.05, 4.69) is 5.32 Å². The summed E-state index contributed by atoms with van der Waals surface area (Å²) in [6.07, 6.45) is -0.868. The lowest BCUT2D eigenvalue weighted by Crippen LogP contribution is -2.30. The molecule has 1 N–H and O–H groups in total. The molecule has 0 aliphatic carbocycles. The molecular weight excluding hydrogens is 430 g/mol. The maximum Gasteiger partial charge on any atom is 0.265 e. The Labute approximate surface area is 189 Å². The molecule has 0 aliphatic rings. The second-order valence-corrected chi connectivity index (χ2v) is 7.45. The number of benzene rings is 3. The van der Waals surface area contributed by atoms with Gasteiger partial charge >= 0.3 is 0 Å². The molecular formula is C25H20ClNO5. The molecule has 32 heavy (non-hydrogen) atoms. The van der Waals surface area contributed by atoms with Crippen molar-refractivity contribution in [2.45, 2.75) is 13.0 Å². The van der Waals surface area contributed by atoms with Gasteiger partial charge < -0.3 is 19.2 Å². The lowest BCUT2D eigenvalue weighted by Gasteiger charge is -2.15. The lowest BCUT2D eigenvalue weighted by molar-refractivity contribution is -0.122. The van der Waals surface area contributed by atoms with Gasteiger partial charge in [-0.05, 0) is 55.5 Å². The zero-order chi connectivity index (χ0) is 22.7. The number of ether oxygens (including phenoxy) is 2. The number of carbonyl (C=O) groups excluding carboxylic acids is 2. The first kappa shape index (κ1) is 21.5. The van der Waals surface area contributed by atoms with E-state index >= 15 is 0 Å². The van der Waals surface area contributed by atoms with Crippen molar-refractivity contribution in [3.05, 3.63) is 89.1 Å². The van der Waals surface area contributed by atoms with Crippen LogP contribution in [0.4, 0.5) is 5.69 Å². The lowest BCUT2D eigenvalue weighted by atomic mass is 10.1. The number of anilines is 1. The first-order valence-electron chi connectivity index (χ1n) is 9.90. The van der Waals surface area contributed by atoms with Crippen LogP contribution >= 0.6 is 11.6 Å². The molecule has 3 aromatic carbocycles. The number of ketones is 1. The van der Waals surface area contributed by atoms with Gasteiger partial charge in [0, 0.05) is 10.9 Å². The van der Waals surface area contributed by atoms with Gasteiger partial charge in [0.2, 0.25) is 5.78 Å². The third-order valence-corrected chi connectivity index (χ3v) is 5.22. The van der Waals surface area contributed by atoms with Gasteiger partial charge in [-0.2, -0.15) is 0 Å². The summed E-state index contributed by atoms with van der Waals surface area (Å²) in [4.78, 5) is 26.1. The number of halogens is 1. The summed E-state index contributed by atoms with van der Waals surface area (Å²) in [5.41, 5.74) is 1.18. The van der Waals surface area contributed by atoms with Crippen LogP contribution in [-0.4, -0.2) is 24.9 Å². The van der Waals surface area contributed by atoms with Crippen molar-refractivity contribution in [1.29, 1.82) is 0 Å². The average Bonchev–Trinajstić information content (AvgIpc) is 3.18. The number of furan rings is 1. The monoisotopic (exact) mass is 449 g/mol. The van der Waals surface area contributed by atoms with Crippen molar-refractivity contribution in [3.8, 4) is 11.5 Å². The van der Waals surface area contributed by atoms with E-state index in [1.807, 2.05) is 0 Å². The summed E-state index contributed by atoms with van der Waals surface area (Å²) < 4.78 is 16.7. The molecule has 0 spiro atoms. The number of para-hydroxylation sites is 2. The van der Waals surface area contributed by atoms with Crippen LogP contribution in [0.3, 0.4) is 0 Å². The fourth-order valence-corrected chi connectivity index (χ4v) is 3.39. The minimum absolute atomic E-state index is 0.0367. The molecule has 1 atom stereocenters. The second kappa shape index (κ2) is 9.16. The molecule has 0 bridgehead atoms. The number of hydrogen-bond donors (Lipinski definition) is 1. The number of amides is 1. The van der Waals surface area contributed by atoms with Gasteiger partial charge in [0.05, 0.1) is 17.8 Å². The minimum atomic E-state index is -0.868. The van der Waals surface area contributed by atoms with Crippen LogP contribution in [0.15, 0.2) is 77.2 Å². The van der Waals surface area contributed by atoms with Crippen molar-refractivity contribution in [2.24, 2.45) is 0 Å². The van der Waals surface area contributed by atoms with Gasteiger partial charge in [0.1, 0.15) is 17.1 Å². The highest BCUT2D eigenvalue weighted by Crippen LogP contribution is 2.33. The quantitative estimate of drug-likeness (QED) is 0.364. The molecule has 1 heterocycles. The molecule has 1 amide bonds. The van der Waals surface area contributed by atoms with E-state index in [1.165, 1.54) is 0 Å². The summed E-state index contributed by atoms with van der Waals surface area (Å²) in [6.45, 7) is 1.60. The molecule has 6 nitrogen and oxygen atoms in total. The molecule has 162 valence electrons. The van der Waals surface area contributed by atoms with E-state index < -0.39 is 12.0 Å². The van der Waals surface area contributed by atoms with Gasteiger partial charge in [-0.25, -0.2) is 0 Å². The van der Waals surface area contributed by atoms with Crippen LogP contribution in [0.1, 0.15) is 23.0 Å². The molecule has 0 saturated heterocycles. The fourth-order valence-electron chi connectivity index (χ4n) is 3.21. The third-order valence-electron chi connectivity index (χ3n) is 4.91. The Morgan fingerprint density at radius 1 is 0.969 bits per heavy atom. The standard InChI is InChI=1S/C25H20ClNO5/c1-15(31-21-10-6-4-8-19(21)26)25(29)27-22-18-7-3-5-9-20(18)32-24(22)23(28)16-11-13-17(30-2)14-12-16/h3-15H,1-2H3,(H,27,29). The Morgan fingerprint density at radius 3 is 2.38 bits per heavy atom. The van der Waals surface area contributed by atoms with E-state index in [0.717, 1.165) is 0 Å². The SMILES string of the molecule is COc1ccc(C(=O)c2oc3ccccc3c2NC(=O)C(C)Oc2ccccc2Cl)cc1. The Hall–Kier alpha value is -3.77. The zero-order valence-corrected chi connectivity index (χ0v) is 18.2. The molecule has 4 rings (SSSR count). The van der Waals surface area contributed by atoms with Crippen LogP contribution in [-0.2, 0) is 4.79 Å². The summed E-state index contributed by atoms with van der Waals surface area (Å²) >= 11 is 6.12. The van der Waals surface area contributed by atoms with E-state index in [-0.39, 0.29) is 11.5 Å². The number of nitrogens with one attached hydrogen (secondary N) is 1. The normalized spacial score (nSPS) is 11.7.